The van der Waals surface area contributed by atoms with E-state index in [9.17, 15) is 28.0 Å². The molecule has 0 bridgehead atoms. The Bertz CT molecular complexity index is 907. The average Bonchev–Trinajstić information content (AvgIpc) is 2.79. The maximum atomic E-state index is 13.2. The van der Waals surface area contributed by atoms with Crippen LogP contribution in [0.2, 0.25) is 0 Å². The number of hydrogen-bond acceptors (Lipinski definition) is 7. The summed E-state index contributed by atoms with van der Waals surface area (Å²) in [6.45, 7) is -0.902. The van der Waals surface area contributed by atoms with E-state index in [0.717, 1.165) is 0 Å². The van der Waals surface area contributed by atoms with E-state index in [1.54, 1.807) is 60.7 Å². The highest BCUT2D eigenvalue weighted by Crippen LogP contribution is 2.17. The van der Waals surface area contributed by atoms with Gasteiger partial charge in [-0.25, -0.2) is 18.4 Å². The summed E-state index contributed by atoms with van der Waals surface area (Å²) in [5.41, 5.74) is 1.32. The van der Waals surface area contributed by atoms with Gasteiger partial charge < -0.3 is 19.5 Å². The molecule has 8 nitrogen and oxygen atoms in total. The molecule has 2 rings (SSSR count). The van der Waals surface area contributed by atoms with Gasteiger partial charge in [0.25, 0.3) is 6.43 Å². The maximum Gasteiger partial charge on any atom is 0.516 e. The van der Waals surface area contributed by atoms with Crippen molar-refractivity contribution in [3.05, 3.63) is 71.8 Å². The normalized spacial score (nSPS) is 11.3. The van der Waals surface area contributed by atoms with Crippen LogP contribution >= 0.6 is 0 Å². The zero-order valence-corrected chi connectivity index (χ0v) is 16.9. The number of hydrogen-bond donors (Lipinski definition) is 1. The molecule has 32 heavy (non-hydrogen) atoms. The first-order chi connectivity index (χ1) is 15.3. The van der Waals surface area contributed by atoms with Crippen LogP contribution in [0.25, 0.3) is 0 Å². The Morgan fingerprint density at radius 1 is 0.812 bits per heavy atom. The molecule has 0 fully saturated rings. The van der Waals surface area contributed by atoms with E-state index in [0.29, 0.717) is 11.1 Å². The number of ether oxygens (including phenoxy) is 3. The number of nitrogens with one attached hydrogen (secondary N) is 1. The fraction of sp³-hybridized carbons (Fsp3) is 0.273. The molecule has 2 aromatic carbocycles. The summed E-state index contributed by atoms with van der Waals surface area (Å²) in [6, 6.07) is 17.2. The van der Waals surface area contributed by atoms with Crippen LogP contribution in [0.3, 0.4) is 0 Å². The molecular formula is C22H21F2NO7. The topological polar surface area (TPSA) is 108 Å². The molecule has 1 unspecified atom stereocenters. The summed E-state index contributed by atoms with van der Waals surface area (Å²) >= 11 is 0. The first-order valence-electron chi connectivity index (χ1n) is 9.52. The van der Waals surface area contributed by atoms with Gasteiger partial charge in [-0.05, 0) is 11.1 Å². The standard InChI is InChI=1S/C22H21F2NO7/c23-19(24)18(20(27)32-22(29)31-14-16-9-5-2-6-10-16)11-17(26)12-25-21(28)30-13-15-7-3-1-4-8-15/h1-10,18-19H,11-14H2,(H,25,28). The van der Waals surface area contributed by atoms with Crippen LogP contribution in [0.4, 0.5) is 18.4 Å². The van der Waals surface area contributed by atoms with E-state index < -0.39 is 49.3 Å². The number of alkyl carbamates (subject to hydrolysis) is 1. The van der Waals surface area contributed by atoms with E-state index in [4.69, 9.17) is 9.47 Å². The number of halogens is 2. The number of carbonyl (C=O) groups excluding carboxylic acids is 4. The molecule has 0 aliphatic carbocycles. The number of amides is 1. The van der Waals surface area contributed by atoms with E-state index in [1.165, 1.54) is 0 Å². The Labute approximate surface area is 182 Å². The van der Waals surface area contributed by atoms with Gasteiger partial charge in [0.05, 0.1) is 6.54 Å². The van der Waals surface area contributed by atoms with Crippen LogP contribution < -0.4 is 5.32 Å². The fourth-order valence-corrected chi connectivity index (χ4v) is 2.44. The van der Waals surface area contributed by atoms with Crippen molar-refractivity contribution in [1.29, 1.82) is 0 Å². The largest absolute Gasteiger partial charge is 0.516 e. The Balaban J connectivity index is 1.74. The lowest BCUT2D eigenvalue weighted by Crippen LogP contribution is -2.34. The fourth-order valence-electron chi connectivity index (χ4n) is 2.44. The van der Waals surface area contributed by atoms with Gasteiger partial charge >= 0.3 is 18.2 Å². The molecule has 10 heteroatoms. The Morgan fingerprint density at radius 3 is 1.88 bits per heavy atom. The van der Waals surface area contributed by atoms with E-state index in [1.807, 2.05) is 0 Å². The highest BCUT2D eigenvalue weighted by atomic mass is 19.3. The predicted molar refractivity (Wildman–Crippen MR) is 106 cm³/mol. The van der Waals surface area contributed by atoms with Crippen molar-refractivity contribution in [2.75, 3.05) is 6.54 Å². The molecule has 170 valence electrons. The number of ketones is 1. The second kappa shape index (κ2) is 12.8. The van der Waals surface area contributed by atoms with Gasteiger partial charge in [-0.2, -0.15) is 0 Å². The first-order valence-corrected chi connectivity index (χ1v) is 9.52. The lowest BCUT2D eigenvalue weighted by Gasteiger charge is -2.14. The minimum absolute atomic E-state index is 0.0437. The Hall–Kier alpha value is -3.82. The third-order valence-electron chi connectivity index (χ3n) is 4.08. The van der Waals surface area contributed by atoms with Gasteiger partial charge in [-0.1, -0.05) is 60.7 Å². The van der Waals surface area contributed by atoms with Crippen molar-refractivity contribution in [2.45, 2.75) is 26.1 Å². The second-order valence-electron chi connectivity index (χ2n) is 6.54. The van der Waals surface area contributed by atoms with Crippen LogP contribution in [0.1, 0.15) is 17.5 Å². The molecular weight excluding hydrogens is 428 g/mol. The van der Waals surface area contributed by atoms with Crippen molar-refractivity contribution >= 4 is 24.0 Å². The molecule has 0 aliphatic rings. The summed E-state index contributed by atoms with van der Waals surface area (Å²) < 4.78 is 40.2. The first kappa shape index (κ1) is 24.4. The SMILES string of the molecule is O=C(CNC(=O)OCc1ccccc1)CC(C(=O)OC(=O)OCc1ccccc1)C(F)F. The molecule has 0 aliphatic heterocycles. The number of esters is 1. The van der Waals surface area contributed by atoms with Crippen molar-refractivity contribution in [1.82, 2.24) is 5.32 Å². The third-order valence-corrected chi connectivity index (χ3v) is 4.08. The van der Waals surface area contributed by atoms with Crippen LogP contribution in [0.5, 0.6) is 0 Å². The molecule has 0 radical (unpaired) electrons. The van der Waals surface area contributed by atoms with Gasteiger partial charge in [0.15, 0.2) is 5.78 Å². The average molecular weight is 449 g/mol. The van der Waals surface area contributed by atoms with Gasteiger partial charge in [0.1, 0.15) is 19.1 Å². The zero-order chi connectivity index (χ0) is 23.3. The molecule has 0 saturated heterocycles. The lowest BCUT2D eigenvalue weighted by atomic mass is 10.0. The zero-order valence-electron chi connectivity index (χ0n) is 16.9. The number of carbonyl (C=O) groups is 4. The summed E-state index contributed by atoms with van der Waals surface area (Å²) in [4.78, 5) is 47.0. The van der Waals surface area contributed by atoms with Crippen LogP contribution in [0, 0.1) is 5.92 Å². The lowest BCUT2D eigenvalue weighted by molar-refractivity contribution is -0.152. The summed E-state index contributed by atoms with van der Waals surface area (Å²) in [7, 11) is 0. The number of benzene rings is 2. The van der Waals surface area contributed by atoms with Gasteiger partial charge in [-0.3, -0.25) is 9.59 Å². The number of alkyl halides is 2. The van der Waals surface area contributed by atoms with E-state index >= 15 is 0 Å². The smallest absolute Gasteiger partial charge is 0.445 e. The minimum atomic E-state index is -3.27. The predicted octanol–water partition coefficient (Wildman–Crippen LogP) is 3.63. The van der Waals surface area contributed by atoms with Gasteiger partial charge in [0.2, 0.25) is 0 Å². The molecule has 1 amide bonds. The number of Topliss-reactive ketones (excluding diaryl/α,β-unsaturated/α-hetero) is 1. The number of rotatable bonds is 10. The Morgan fingerprint density at radius 2 is 1.34 bits per heavy atom. The van der Waals surface area contributed by atoms with Crippen molar-refractivity contribution in [2.24, 2.45) is 5.92 Å². The quantitative estimate of drug-likeness (QED) is 0.436. The van der Waals surface area contributed by atoms with Crippen LogP contribution in [-0.2, 0) is 37.0 Å². The van der Waals surface area contributed by atoms with Crippen LogP contribution in [-0.4, -0.2) is 37.0 Å². The molecule has 0 saturated carbocycles. The second-order valence-corrected chi connectivity index (χ2v) is 6.54. The Kier molecular flexibility index (Phi) is 9.76. The third kappa shape index (κ3) is 8.90. The molecule has 1 N–H and O–H groups in total. The van der Waals surface area contributed by atoms with Crippen molar-refractivity contribution in [3.63, 3.8) is 0 Å². The molecule has 0 spiro atoms. The maximum absolute atomic E-state index is 13.2. The van der Waals surface area contributed by atoms with Crippen LogP contribution in [0.15, 0.2) is 60.7 Å². The summed E-state index contributed by atoms with van der Waals surface area (Å²) in [5.74, 6) is -4.66. The monoisotopic (exact) mass is 449 g/mol. The molecule has 0 aromatic heterocycles. The van der Waals surface area contributed by atoms with E-state index in [2.05, 4.69) is 10.1 Å². The highest BCUT2D eigenvalue weighted by Gasteiger charge is 2.34. The van der Waals surface area contributed by atoms with E-state index in [-0.39, 0.29) is 13.2 Å². The summed E-state index contributed by atoms with van der Waals surface area (Å²) in [5, 5.41) is 2.12. The van der Waals surface area contributed by atoms with Crippen molar-refractivity contribution < 1.29 is 42.2 Å². The van der Waals surface area contributed by atoms with Gasteiger partial charge in [0, 0.05) is 6.42 Å². The molecule has 2 aromatic rings. The summed E-state index contributed by atoms with van der Waals surface area (Å²) in [6.07, 6.45) is -6.60. The van der Waals surface area contributed by atoms with Crippen molar-refractivity contribution in [3.8, 4) is 0 Å². The molecule has 0 heterocycles. The van der Waals surface area contributed by atoms with Gasteiger partial charge in [-0.15, -0.1) is 0 Å². The highest BCUT2D eigenvalue weighted by molar-refractivity contribution is 5.90. The minimum Gasteiger partial charge on any atom is -0.445 e. The molecule has 1 atom stereocenters.